The molecule has 0 aromatic heterocycles. The lowest BCUT2D eigenvalue weighted by molar-refractivity contribution is 0.106. The summed E-state index contributed by atoms with van der Waals surface area (Å²) in [6.45, 7) is -0.486. The van der Waals surface area contributed by atoms with E-state index in [0.717, 1.165) is 0 Å². The van der Waals surface area contributed by atoms with Gasteiger partial charge in [-0.15, -0.1) is 0 Å². The highest BCUT2D eigenvalue weighted by molar-refractivity contribution is 7.33. The van der Waals surface area contributed by atoms with Crippen LogP contribution in [0, 0.1) is 0 Å². The number of hydrogen-bond acceptors (Lipinski definition) is 5. The van der Waals surface area contributed by atoms with E-state index >= 15 is 0 Å². The summed E-state index contributed by atoms with van der Waals surface area (Å²) in [5.74, 6) is 0. The first-order valence-corrected chi connectivity index (χ1v) is 4.72. The zero-order valence-electron chi connectivity index (χ0n) is 5.20. The summed E-state index contributed by atoms with van der Waals surface area (Å²) < 4.78 is 32.6. The lowest BCUT2D eigenvalue weighted by Crippen LogP contribution is -1.86. The van der Waals surface area contributed by atoms with E-state index in [9.17, 15) is 9.13 Å². The normalized spacial score (nSPS) is 16.6. The Balaban J connectivity index is 3.20. The van der Waals surface area contributed by atoms with E-state index in [2.05, 4.69) is 13.6 Å². The van der Waals surface area contributed by atoms with E-state index in [1.165, 1.54) is 7.11 Å². The Kier molecular flexibility index (Phi) is 6.22. The van der Waals surface area contributed by atoms with Gasteiger partial charge in [0, 0.05) is 7.11 Å². The van der Waals surface area contributed by atoms with Crippen LogP contribution in [0.1, 0.15) is 0 Å². The topological polar surface area (TPSA) is 82.1 Å². The second kappa shape index (κ2) is 6.04. The Hall–Kier alpha value is 0.300. The first kappa shape index (κ1) is 10.3. The molecule has 0 saturated carbocycles. The quantitative estimate of drug-likeness (QED) is 0.498. The third kappa shape index (κ3) is 6.42. The van der Waals surface area contributed by atoms with Gasteiger partial charge in [0.2, 0.25) is 0 Å². The zero-order chi connectivity index (χ0) is 7.98. The van der Waals surface area contributed by atoms with Crippen LogP contribution in [0.5, 0.6) is 0 Å². The standard InChI is InChI=1S/C2H8O6P2/c1-6-10(5)8-2-7-9(3)4/h9-10H,2H2,1H3,(H,3,4). The molecule has 0 amide bonds. The van der Waals surface area contributed by atoms with Gasteiger partial charge in [-0.3, -0.25) is 18.2 Å². The van der Waals surface area contributed by atoms with Gasteiger partial charge in [0.15, 0.2) is 6.79 Å². The fourth-order valence-electron chi connectivity index (χ4n) is 0.187. The average molecular weight is 190 g/mol. The fraction of sp³-hybridized carbons (Fsp3) is 1.00. The van der Waals surface area contributed by atoms with Crippen LogP contribution in [0.2, 0.25) is 0 Å². The molecule has 0 heterocycles. The SMILES string of the molecule is CO[PH](=O)OCO[PH](=O)O. The molecule has 0 aromatic rings. The van der Waals surface area contributed by atoms with Gasteiger partial charge in [0.05, 0.1) is 0 Å². The van der Waals surface area contributed by atoms with Crippen LogP contribution in [0.3, 0.4) is 0 Å². The first-order chi connectivity index (χ1) is 4.66. The van der Waals surface area contributed by atoms with Crippen LogP contribution < -0.4 is 0 Å². The Morgan fingerprint density at radius 1 is 1.40 bits per heavy atom. The Morgan fingerprint density at radius 3 is 2.40 bits per heavy atom. The summed E-state index contributed by atoms with van der Waals surface area (Å²) in [7, 11) is -4.33. The molecule has 0 spiro atoms. The van der Waals surface area contributed by atoms with Gasteiger partial charge in [0.25, 0.3) is 0 Å². The van der Waals surface area contributed by atoms with Crippen LogP contribution in [0.4, 0.5) is 0 Å². The van der Waals surface area contributed by atoms with E-state index < -0.39 is 23.3 Å². The monoisotopic (exact) mass is 190 g/mol. The third-order valence-corrected chi connectivity index (χ3v) is 1.58. The van der Waals surface area contributed by atoms with Crippen molar-refractivity contribution in [3.63, 3.8) is 0 Å². The fourth-order valence-corrected chi connectivity index (χ4v) is 0.738. The summed E-state index contributed by atoms with van der Waals surface area (Å²) >= 11 is 0. The summed E-state index contributed by atoms with van der Waals surface area (Å²) in [5.41, 5.74) is 0. The van der Waals surface area contributed by atoms with Crippen LogP contribution in [0.25, 0.3) is 0 Å². The third-order valence-electron chi connectivity index (χ3n) is 0.526. The molecule has 0 aliphatic heterocycles. The summed E-state index contributed by atoms with van der Waals surface area (Å²) in [6, 6.07) is 0. The molecule has 0 bridgehead atoms. The highest BCUT2D eigenvalue weighted by Gasteiger charge is 1.96. The van der Waals surface area contributed by atoms with Gasteiger partial charge >= 0.3 is 16.5 Å². The molecule has 0 aliphatic rings. The summed E-state index contributed by atoms with van der Waals surface area (Å²) in [6.07, 6.45) is 0. The van der Waals surface area contributed by atoms with E-state index in [0.29, 0.717) is 0 Å². The number of rotatable bonds is 5. The van der Waals surface area contributed by atoms with Crippen molar-refractivity contribution >= 4 is 16.5 Å². The van der Waals surface area contributed by atoms with Crippen molar-refractivity contribution in [2.75, 3.05) is 13.9 Å². The molecule has 0 radical (unpaired) electrons. The van der Waals surface area contributed by atoms with Crippen molar-refractivity contribution in [2.24, 2.45) is 0 Å². The molecule has 6 nitrogen and oxygen atoms in total. The van der Waals surface area contributed by atoms with Crippen molar-refractivity contribution in [1.29, 1.82) is 0 Å². The number of hydrogen-bond donors (Lipinski definition) is 1. The molecule has 0 aromatic carbocycles. The van der Waals surface area contributed by atoms with Gasteiger partial charge in [-0.25, -0.2) is 0 Å². The maximum absolute atomic E-state index is 10.3. The van der Waals surface area contributed by atoms with E-state index in [4.69, 9.17) is 4.89 Å². The van der Waals surface area contributed by atoms with Crippen molar-refractivity contribution in [2.45, 2.75) is 0 Å². The van der Waals surface area contributed by atoms with Crippen LogP contribution in [-0.4, -0.2) is 18.8 Å². The van der Waals surface area contributed by atoms with Crippen molar-refractivity contribution in [1.82, 2.24) is 0 Å². The summed E-state index contributed by atoms with van der Waals surface area (Å²) in [4.78, 5) is 8.05. The molecule has 0 fully saturated rings. The van der Waals surface area contributed by atoms with Crippen molar-refractivity contribution in [3.05, 3.63) is 0 Å². The lowest BCUT2D eigenvalue weighted by atomic mass is 11.6. The second-order valence-corrected chi connectivity index (χ2v) is 3.14. The highest BCUT2D eigenvalue weighted by atomic mass is 31.1. The molecular formula is C2H8O6P2. The van der Waals surface area contributed by atoms with Gasteiger partial charge < -0.3 is 9.42 Å². The maximum atomic E-state index is 10.3. The van der Waals surface area contributed by atoms with Crippen LogP contribution in [0.15, 0.2) is 0 Å². The van der Waals surface area contributed by atoms with Gasteiger partial charge in [-0.2, -0.15) is 0 Å². The molecule has 0 aliphatic carbocycles. The molecule has 2 unspecified atom stereocenters. The van der Waals surface area contributed by atoms with Crippen molar-refractivity contribution in [3.8, 4) is 0 Å². The molecule has 8 heteroatoms. The lowest BCUT2D eigenvalue weighted by Gasteiger charge is -1.99. The van der Waals surface area contributed by atoms with E-state index in [1.54, 1.807) is 0 Å². The minimum absolute atomic E-state index is 0.486. The Labute approximate surface area is 59.0 Å². The zero-order valence-corrected chi connectivity index (χ0v) is 7.20. The minimum atomic E-state index is -2.99. The minimum Gasteiger partial charge on any atom is -0.326 e. The molecule has 2 atom stereocenters. The van der Waals surface area contributed by atoms with Gasteiger partial charge in [-0.1, -0.05) is 0 Å². The predicted molar refractivity (Wildman–Crippen MR) is 34.3 cm³/mol. The average Bonchev–Trinajstić information content (AvgIpc) is 1.87. The largest absolute Gasteiger partial charge is 0.326 e. The summed E-state index contributed by atoms with van der Waals surface area (Å²) in [5, 5.41) is 0. The Bertz CT molecular complexity index is 134. The molecular weight excluding hydrogens is 182 g/mol. The molecule has 0 rings (SSSR count). The first-order valence-electron chi connectivity index (χ1n) is 2.23. The molecule has 0 saturated heterocycles. The Morgan fingerprint density at radius 2 is 2.00 bits per heavy atom. The van der Waals surface area contributed by atoms with E-state index in [-0.39, 0.29) is 0 Å². The van der Waals surface area contributed by atoms with E-state index in [1.807, 2.05) is 0 Å². The van der Waals surface area contributed by atoms with Gasteiger partial charge in [-0.05, 0) is 0 Å². The van der Waals surface area contributed by atoms with Crippen LogP contribution >= 0.6 is 16.5 Å². The smallest absolute Gasteiger partial charge is 0.320 e. The highest BCUT2D eigenvalue weighted by Crippen LogP contribution is 2.24. The maximum Gasteiger partial charge on any atom is 0.320 e. The predicted octanol–water partition coefficient (Wildman–Crippen LogP) is 0.395. The van der Waals surface area contributed by atoms with Gasteiger partial charge in [0.1, 0.15) is 0 Å². The van der Waals surface area contributed by atoms with Crippen molar-refractivity contribution < 1.29 is 27.6 Å². The molecule has 10 heavy (non-hydrogen) atoms. The molecule has 1 N–H and O–H groups in total. The molecule has 62 valence electrons. The van der Waals surface area contributed by atoms with Crippen LogP contribution in [-0.2, 0) is 22.7 Å². The second-order valence-electron chi connectivity index (χ2n) is 1.13.